The van der Waals surface area contributed by atoms with Gasteiger partial charge in [0.1, 0.15) is 0 Å². The molecule has 2 nitrogen and oxygen atoms in total. The molecule has 0 aromatic carbocycles. The van der Waals surface area contributed by atoms with Crippen molar-refractivity contribution in [2.75, 3.05) is 0 Å². The Labute approximate surface area is 90.0 Å². The average molecular weight is 226 g/mol. The quantitative estimate of drug-likeness (QED) is 0.547. The molecule has 0 aromatic rings. The Bertz CT molecular complexity index is 151. The smallest absolute Gasteiger partial charge is 0.253 e. The standard InChI is InChI=1S/C9H17Cl2NO/c1-3-4-5-6-7(2)12-9(13)8(10)11/h7-8H,3-6H2,1-2H3,(H,12,13)/t7-/m0/s1. The maximum absolute atomic E-state index is 11.0. The van der Waals surface area contributed by atoms with E-state index in [2.05, 4.69) is 12.2 Å². The van der Waals surface area contributed by atoms with Gasteiger partial charge in [-0.3, -0.25) is 4.79 Å². The van der Waals surface area contributed by atoms with Crippen LogP contribution in [0, 0.1) is 0 Å². The maximum atomic E-state index is 11.0. The molecule has 0 saturated heterocycles. The van der Waals surface area contributed by atoms with E-state index in [-0.39, 0.29) is 11.9 Å². The van der Waals surface area contributed by atoms with E-state index in [1.807, 2.05) is 6.92 Å². The molecule has 0 heterocycles. The van der Waals surface area contributed by atoms with Crippen molar-refractivity contribution in [2.24, 2.45) is 0 Å². The summed E-state index contributed by atoms with van der Waals surface area (Å²) in [4.78, 5) is 10.1. The molecule has 1 amide bonds. The summed E-state index contributed by atoms with van der Waals surface area (Å²) in [6.45, 7) is 4.11. The predicted molar refractivity (Wildman–Crippen MR) is 57.2 cm³/mol. The van der Waals surface area contributed by atoms with E-state index in [1.54, 1.807) is 0 Å². The molecule has 0 aliphatic carbocycles. The minimum atomic E-state index is -0.950. The SMILES string of the molecule is CCCCC[C@H](C)NC(=O)C(Cl)Cl. The first-order valence-corrected chi connectivity index (χ1v) is 5.53. The fourth-order valence-electron chi connectivity index (χ4n) is 1.08. The van der Waals surface area contributed by atoms with E-state index >= 15 is 0 Å². The van der Waals surface area contributed by atoms with Crippen LogP contribution in [0.5, 0.6) is 0 Å². The zero-order valence-corrected chi connectivity index (χ0v) is 9.66. The summed E-state index contributed by atoms with van der Waals surface area (Å²) in [5.41, 5.74) is 0. The molecule has 0 aliphatic rings. The van der Waals surface area contributed by atoms with Gasteiger partial charge in [0.25, 0.3) is 5.91 Å². The summed E-state index contributed by atoms with van der Waals surface area (Å²) in [6, 6.07) is 0.166. The lowest BCUT2D eigenvalue weighted by Crippen LogP contribution is -2.35. The second-order valence-electron chi connectivity index (χ2n) is 3.21. The number of carbonyl (C=O) groups is 1. The summed E-state index contributed by atoms with van der Waals surface area (Å²) in [5, 5.41) is 2.74. The van der Waals surface area contributed by atoms with E-state index < -0.39 is 4.84 Å². The number of alkyl halides is 2. The zero-order valence-electron chi connectivity index (χ0n) is 8.15. The Hall–Kier alpha value is 0.0500. The van der Waals surface area contributed by atoms with Crippen LogP contribution in [-0.2, 0) is 4.79 Å². The Kier molecular flexibility index (Phi) is 7.48. The van der Waals surface area contributed by atoms with Gasteiger partial charge >= 0.3 is 0 Å². The van der Waals surface area contributed by atoms with Crippen molar-refractivity contribution >= 4 is 29.1 Å². The minimum absolute atomic E-state index is 0.166. The molecule has 13 heavy (non-hydrogen) atoms. The number of nitrogens with one attached hydrogen (secondary N) is 1. The zero-order chi connectivity index (χ0) is 10.3. The lowest BCUT2D eigenvalue weighted by molar-refractivity contribution is -0.120. The molecule has 0 unspecified atom stereocenters. The molecule has 0 aliphatic heterocycles. The van der Waals surface area contributed by atoms with Crippen LogP contribution in [0.15, 0.2) is 0 Å². The second kappa shape index (κ2) is 7.45. The number of rotatable bonds is 6. The van der Waals surface area contributed by atoms with Gasteiger partial charge in [0, 0.05) is 6.04 Å². The van der Waals surface area contributed by atoms with E-state index in [9.17, 15) is 4.79 Å². The van der Waals surface area contributed by atoms with Gasteiger partial charge in [-0.2, -0.15) is 0 Å². The van der Waals surface area contributed by atoms with Gasteiger partial charge in [-0.1, -0.05) is 49.4 Å². The Balaban J connectivity index is 3.50. The summed E-state index contributed by atoms with van der Waals surface area (Å²) < 4.78 is 0. The van der Waals surface area contributed by atoms with Crippen molar-refractivity contribution in [3.8, 4) is 0 Å². The third kappa shape index (κ3) is 7.15. The third-order valence-electron chi connectivity index (χ3n) is 1.83. The van der Waals surface area contributed by atoms with Gasteiger partial charge in [0.2, 0.25) is 0 Å². The van der Waals surface area contributed by atoms with E-state index in [0.29, 0.717) is 0 Å². The topological polar surface area (TPSA) is 29.1 Å². The van der Waals surface area contributed by atoms with Gasteiger partial charge in [-0.05, 0) is 13.3 Å². The fraction of sp³-hybridized carbons (Fsp3) is 0.889. The van der Waals surface area contributed by atoms with Crippen LogP contribution in [-0.4, -0.2) is 16.8 Å². The van der Waals surface area contributed by atoms with Crippen molar-refractivity contribution in [1.29, 1.82) is 0 Å². The van der Waals surface area contributed by atoms with Crippen LogP contribution in [0.2, 0.25) is 0 Å². The van der Waals surface area contributed by atoms with Crippen LogP contribution < -0.4 is 5.32 Å². The van der Waals surface area contributed by atoms with Gasteiger partial charge in [0.05, 0.1) is 0 Å². The average Bonchev–Trinajstić information content (AvgIpc) is 2.04. The predicted octanol–water partition coefficient (Wildman–Crippen LogP) is 2.88. The lowest BCUT2D eigenvalue weighted by Gasteiger charge is -2.13. The lowest BCUT2D eigenvalue weighted by atomic mass is 10.1. The van der Waals surface area contributed by atoms with Crippen LogP contribution in [0.4, 0.5) is 0 Å². The highest BCUT2D eigenvalue weighted by Gasteiger charge is 2.13. The van der Waals surface area contributed by atoms with Crippen LogP contribution >= 0.6 is 23.2 Å². The normalized spacial score (nSPS) is 13.0. The molecule has 0 radical (unpaired) electrons. The Morgan fingerprint density at radius 1 is 1.38 bits per heavy atom. The van der Waals surface area contributed by atoms with Crippen molar-refractivity contribution in [2.45, 2.75) is 50.4 Å². The van der Waals surface area contributed by atoms with Crippen LogP contribution in [0.3, 0.4) is 0 Å². The minimum Gasteiger partial charge on any atom is -0.351 e. The third-order valence-corrected chi connectivity index (χ3v) is 2.22. The molecule has 0 fully saturated rings. The van der Waals surface area contributed by atoms with Gasteiger partial charge in [0.15, 0.2) is 4.84 Å². The summed E-state index contributed by atoms with van der Waals surface area (Å²) in [7, 11) is 0. The molecular weight excluding hydrogens is 209 g/mol. The molecule has 0 rings (SSSR count). The van der Waals surface area contributed by atoms with Crippen molar-refractivity contribution in [3.05, 3.63) is 0 Å². The highest BCUT2D eigenvalue weighted by molar-refractivity contribution is 6.53. The highest BCUT2D eigenvalue weighted by atomic mass is 35.5. The van der Waals surface area contributed by atoms with Crippen LogP contribution in [0.25, 0.3) is 0 Å². The molecule has 1 N–H and O–H groups in total. The summed E-state index contributed by atoms with van der Waals surface area (Å²) in [6.07, 6.45) is 4.51. The fourth-order valence-corrected chi connectivity index (χ4v) is 1.20. The van der Waals surface area contributed by atoms with Gasteiger partial charge in [-0.25, -0.2) is 0 Å². The summed E-state index contributed by atoms with van der Waals surface area (Å²) in [5.74, 6) is -0.299. The number of carbonyl (C=O) groups excluding carboxylic acids is 1. The molecular formula is C9H17Cl2NO. The molecule has 0 saturated carbocycles. The molecule has 78 valence electrons. The van der Waals surface area contributed by atoms with Gasteiger partial charge in [-0.15, -0.1) is 0 Å². The van der Waals surface area contributed by atoms with E-state index in [1.165, 1.54) is 12.8 Å². The second-order valence-corrected chi connectivity index (χ2v) is 4.30. The number of hydrogen-bond donors (Lipinski definition) is 1. The Morgan fingerprint density at radius 2 is 2.00 bits per heavy atom. The monoisotopic (exact) mass is 225 g/mol. The number of hydrogen-bond acceptors (Lipinski definition) is 1. The van der Waals surface area contributed by atoms with Gasteiger partial charge < -0.3 is 5.32 Å². The summed E-state index contributed by atoms with van der Waals surface area (Å²) >= 11 is 10.8. The first kappa shape index (κ1) is 13.1. The molecule has 0 spiro atoms. The molecule has 1 atom stereocenters. The number of unbranched alkanes of at least 4 members (excludes halogenated alkanes) is 2. The molecule has 0 aromatic heterocycles. The van der Waals surface area contributed by atoms with E-state index in [0.717, 1.165) is 12.8 Å². The largest absolute Gasteiger partial charge is 0.351 e. The highest BCUT2D eigenvalue weighted by Crippen LogP contribution is 2.05. The van der Waals surface area contributed by atoms with Crippen LogP contribution in [0.1, 0.15) is 39.5 Å². The van der Waals surface area contributed by atoms with Crippen molar-refractivity contribution in [1.82, 2.24) is 5.32 Å². The van der Waals surface area contributed by atoms with Crippen molar-refractivity contribution < 1.29 is 4.79 Å². The van der Waals surface area contributed by atoms with E-state index in [4.69, 9.17) is 23.2 Å². The van der Waals surface area contributed by atoms with Crippen molar-refractivity contribution in [3.63, 3.8) is 0 Å². The number of halogens is 2. The number of amides is 1. The molecule has 4 heteroatoms. The molecule has 0 bridgehead atoms. The Morgan fingerprint density at radius 3 is 2.46 bits per heavy atom. The first-order valence-electron chi connectivity index (χ1n) is 4.66. The maximum Gasteiger partial charge on any atom is 0.253 e. The first-order chi connectivity index (χ1) is 6.07.